The van der Waals surface area contributed by atoms with Gasteiger partial charge in [0.05, 0.1) is 5.54 Å². The van der Waals surface area contributed by atoms with Crippen LogP contribution in [-0.4, -0.2) is 19.2 Å². The van der Waals surface area contributed by atoms with Crippen molar-refractivity contribution in [2.45, 2.75) is 24.8 Å². The molecule has 5 nitrogen and oxygen atoms in total. The zero-order valence-corrected chi connectivity index (χ0v) is 13.4. The summed E-state index contributed by atoms with van der Waals surface area (Å²) in [5, 5.41) is 6.05. The lowest BCUT2D eigenvalue weighted by atomic mass is 9.72. The van der Waals surface area contributed by atoms with Crippen LogP contribution in [0.15, 0.2) is 48.5 Å². The minimum atomic E-state index is -0.251. The van der Waals surface area contributed by atoms with Crippen LogP contribution in [0.5, 0.6) is 11.5 Å². The second-order valence-electron chi connectivity index (χ2n) is 6.24. The molecule has 1 aliphatic carbocycles. The number of fused-ring (bicyclic) bond motifs is 1. The Bertz CT molecular complexity index is 742. The van der Waals surface area contributed by atoms with Gasteiger partial charge in [-0.1, -0.05) is 30.3 Å². The summed E-state index contributed by atoms with van der Waals surface area (Å²) >= 11 is 0. The first-order valence-electron chi connectivity index (χ1n) is 8.30. The molecule has 4 rings (SSSR count). The zero-order valence-electron chi connectivity index (χ0n) is 13.4. The van der Waals surface area contributed by atoms with Crippen LogP contribution < -0.4 is 20.1 Å². The van der Waals surface area contributed by atoms with Crippen molar-refractivity contribution in [3.05, 3.63) is 54.1 Å². The highest BCUT2D eigenvalue weighted by Gasteiger charge is 2.39. The third-order valence-electron chi connectivity index (χ3n) is 4.69. The minimum Gasteiger partial charge on any atom is -0.486 e. The molecule has 1 heterocycles. The number of hydrogen-bond donors (Lipinski definition) is 2. The fourth-order valence-corrected chi connectivity index (χ4v) is 3.27. The van der Waals surface area contributed by atoms with E-state index in [0.29, 0.717) is 30.4 Å². The van der Waals surface area contributed by atoms with Crippen LogP contribution in [0.3, 0.4) is 0 Å². The number of carbonyl (C=O) groups excluding carboxylic acids is 1. The predicted octanol–water partition coefficient (Wildman–Crippen LogP) is 3.66. The Morgan fingerprint density at radius 2 is 1.71 bits per heavy atom. The molecule has 0 atom stereocenters. The molecule has 0 unspecified atom stereocenters. The summed E-state index contributed by atoms with van der Waals surface area (Å²) in [7, 11) is 0. The maximum atomic E-state index is 12.5. The fraction of sp³-hybridized carbons (Fsp3) is 0.316. The van der Waals surface area contributed by atoms with E-state index in [1.54, 1.807) is 6.07 Å². The second kappa shape index (κ2) is 6.07. The number of carbonyl (C=O) groups is 1. The summed E-state index contributed by atoms with van der Waals surface area (Å²) in [6.45, 7) is 1.08. The number of urea groups is 1. The molecule has 24 heavy (non-hydrogen) atoms. The van der Waals surface area contributed by atoms with Crippen LogP contribution in [0, 0.1) is 0 Å². The molecule has 2 aromatic rings. The monoisotopic (exact) mass is 324 g/mol. The van der Waals surface area contributed by atoms with Crippen molar-refractivity contribution in [3.63, 3.8) is 0 Å². The molecule has 2 amide bonds. The molecule has 1 aliphatic heterocycles. The zero-order chi connectivity index (χ0) is 16.4. The smallest absolute Gasteiger partial charge is 0.319 e. The van der Waals surface area contributed by atoms with Gasteiger partial charge in [0.1, 0.15) is 13.2 Å². The summed E-state index contributed by atoms with van der Waals surface area (Å²) in [6.07, 6.45) is 3.05. The predicted molar refractivity (Wildman–Crippen MR) is 91.6 cm³/mol. The lowest BCUT2D eigenvalue weighted by molar-refractivity contribution is 0.171. The number of hydrogen-bond acceptors (Lipinski definition) is 3. The Kier molecular flexibility index (Phi) is 3.76. The van der Waals surface area contributed by atoms with Crippen molar-refractivity contribution in [1.29, 1.82) is 0 Å². The summed E-state index contributed by atoms with van der Waals surface area (Å²) < 4.78 is 11.0. The van der Waals surface area contributed by atoms with Crippen molar-refractivity contribution in [1.82, 2.24) is 5.32 Å². The fourth-order valence-electron chi connectivity index (χ4n) is 3.27. The Labute approximate surface area is 141 Å². The molecule has 1 fully saturated rings. The molecule has 0 saturated heterocycles. The lowest BCUT2D eigenvalue weighted by Gasteiger charge is -2.43. The van der Waals surface area contributed by atoms with Crippen molar-refractivity contribution in [2.75, 3.05) is 18.5 Å². The van der Waals surface area contributed by atoms with Gasteiger partial charge >= 0.3 is 6.03 Å². The minimum absolute atomic E-state index is 0.199. The molecule has 0 bridgehead atoms. The molecule has 0 radical (unpaired) electrons. The van der Waals surface area contributed by atoms with E-state index in [2.05, 4.69) is 22.8 Å². The van der Waals surface area contributed by atoms with Gasteiger partial charge in [-0.25, -0.2) is 4.79 Å². The van der Waals surface area contributed by atoms with Crippen LogP contribution in [-0.2, 0) is 5.54 Å². The molecule has 0 spiro atoms. The van der Waals surface area contributed by atoms with Gasteiger partial charge in [-0.05, 0) is 37.0 Å². The van der Waals surface area contributed by atoms with E-state index in [1.165, 1.54) is 0 Å². The molecule has 5 heteroatoms. The topological polar surface area (TPSA) is 59.6 Å². The van der Waals surface area contributed by atoms with Crippen molar-refractivity contribution in [3.8, 4) is 11.5 Å². The Hall–Kier alpha value is -2.69. The average Bonchev–Trinajstić information content (AvgIpc) is 2.59. The van der Waals surface area contributed by atoms with E-state index in [9.17, 15) is 4.79 Å². The van der Waals surface area contributed by atoms with E-state index in [0.717, 1.165) is 24.8 Å². The van der Waals surface area contributed by atoms with E-state index in [-0.39, 0.29) is 11.6 Å². The molecular formula is C19H20N2O3. The molecule has 2 N–H and O–H groups in total. The van der Waals surface area contributed by atoms with Gasteiger partial charge < -0.3 is 20.1 Å². The van der Waals surface area contributed by atoms with Gasteiger partial charge in [0.2, 0.25) is 0 Å². The van der Waals surface area contributed by atoms with Crippen molar-refractivity contribution in [2.24, 2.45) is 0 Å². The Morgan fingerprint density at radius 1 is 0.958 bits per heavy atom. The normalized spacial score (nSPS) is 17.5. The lowest BCUT2D eigenvalue weighted by Crippen LogP contribution is -2.52. The van der Waals surface area contributed by atoms with Gasteiger partial charge in [0.15, 0.2) is 11.5 Å². The number of anilines is 1. The molecule has 1 saturated carbocycles. The van der Waals surface area contributed by atoms with Crippen LogP contribution in [0.1, 0.15) is 24.8 Å². The second-order valence-corrected chi connectivity index (χ2v) is 6.24. The van der Waals surface area contributed by atoms with E-state index >= 15 is 0 Å². The van der Waals surface area contributed by atoms with E-state index in [1.807, 2.05) is 30.3 Å². The standard InChI is InChI=1S/C19H20N2O3/c22-18(20-15-7-8-16-17(13-15)24-12-11-23-16)21-19(9-4-10-19)14-5-2-1-3-6-14/h1-3,5-8,13H,4,9-12H2,(H2,20,21,22). The molecular weight excluding hydrogens is 304 g/mol. The number of benzene rings is 2. The summed E-state index contributed by atoms with van der Waals surface area (Å²) in [5.41, 5.74) is 1.60. The number of amides is 2. The van der Waals surface area contributed by atoms with Crippen molar-refractivity contribution < 1.29 is 14.3 Å². The Morgan fingerprint density at radius 3 is 2.42 bits per heavy atom. The van der Waals surface area contributed by atoms with Crippen molar-refractivity contribution >= 4 is 11.7 Å². The summed E-state index contributed by atoms with van der Waals surface area (Å²) in [4.78, 5) is 12.5. The molecule has 124 valence electrons. The van der Waals surface area contributed by atoms with Crippen LogP contribution in [0.4, 0.5) is 10.5 Å². The van der Waals surface area contributed by atoms with Crippen LogP contribution in [0.25, 0.3) is 0 Å². The number of nitrogens with one attached hydrogen (secondary N) is 2. The molecule has 0 aromatic heterocycles. The van der Waals surface area contributed by atoms with Gasteiger partial charge in [-0.15, -0.1) is 0 Å². The first-order valence-corrected chi connectivity index (χ1v) is 8.30. The Balaban J connectivity index is 1.47. The third-order valence-corrected chi connectivity index (χ3v) is 4.69. The first-order chi connectivity index (χ1) is 11.8. The highest BCUT2D eigenvalue weighted by molar-refractivity contribution is 5.90. The summed E-state index contributed by atoms with van der Waals surface area (Å²) in [5.74, 6) is 1.38. The van der Waals surface area contributed by atoms with Gasteiger partial charge in [-0.2, -0.15) is 0 Å². The van der Waals surface area contributed by atoms with Crippen LogP contribution in [0.2, 0.25) is 0 Å². The van der Waals surface area contributed by atoms with E-state index in [4.69, 9.17) is 9.47 Å². The quantitative estimate of drug-likeness (QED) is 0.906. The highest BCUT2D eigenvalue weighted by atomic mass is 16.6. The largest absolute Gasteiger partial charge is 0.486 e. The number of ether oxygens (including phenoxy) is 2. The van der Waals surface area contributed by atoms with Gasteiger partial charge in [0.25, 0.3) is 0 Å². The van der Waals surface area contributed by atoms with Gasteiger partial charge in [-0.3, -0.25) is 0 Å². The molecule has 2 aliphatic rings. The third kappa shape index (κ3) is 2.77. The molecule has 2 aromatic carbocycles. The first kappa shape index (κ1) is 14.9. The maximum absolute atomic E-state index is 12.5. The average molecular weight is 324 g/mol. The van der Waals surface area contributed by atoms with Crippen LogP contribution >= 0.6 is 0 Å². The summed E-state index contributed by atoms with van der Waals surface area (Å²) in [6, 6.07) is 15.4. The van der Waals surface area contributed by atoms with Gasteiger partial charge in [0, 0.05) is 11.8 Å². The maximum Gasteiger partial charge on any atom is 0.319 e. The SMILES string of the molecule is O=C(Nc1ccc2c(c1)OCCO2)NC1(c2ccccc2)CCC1. The van der Waals surface area contributed by atoms with E-state index < -0.39 is 0 Å². The number of rotatable bonds is 3. The highest BCUT2D eigenvalue weighted by Crippen LogP contribution is 2.41.